The summed E-state index contributed by atoms with van der Waals surface area (Å²) < 4.78 is 34.8. The molecule has 1 amide bonds. The van der Waals surface area contributed by atoms with Crippen LogP contribution in [0.2, 0.25) is 0 Å². The standard InChI is InChI=1S/C45H59NO10/c1-26-17-19-34-28(3)36(48-39-44(34)32(26)21-23-42(5,51-39)53-55-44)25-37(49-41(47)46(30-13-9-7-10-14-30)31-15-11-8-12-16-31)38-29(4)35-20-18-27(2)33-22-24-43(6)52-40(50-38)45(33,35)56-54-43/h7-16,26-29,32-40H,17-25H2,1-6H3/t26-,27-,28-,29-,32+,33+,34+,35+,36-,37+,38?,39-,40-,42-,43-,44-,45-/m1/s1. The molecule has 1 unspecified atom stereocenters. The number of carbonyl (C=O) groups is 1. The Labute approximate surface area is 330 Å². The molecule has 56 heavy (non-hydrogen) atoms. The van der Waals surface area contributed by atoms with Crippen LogP contribution in [-0.4, -0.2) is 59.8 Å². The monoisotopic (exact) mass is 773 g/mol. The second kappa shape index (κ2) is 13.7. The third kappa shape index (κ3) is 5.69. The van der Waals surface area contributed by atoms with E-state index in [4.69, 9.17) is 43.2 Å². The number of carbonyl (C=O) groups excluding carboxylic acids is 1. The molecule has 2 aliphatic carbocycles. The van der Waals surface area contributed by atoms with Gasteiger partial charge in [0.15, 0.2) is 23.8 Å². The van der Waals surface area contributed by atoms with Crippen LogP contribution in [0.3, 0.4) is 0 Å². The Balaban J connectivity index is 1.02. The summed E-state index contributed by atoms with van der Waals surface area (Å²) in [6.07, 6.45) is 4.58. The van der Waals surface area contributed by atoms with Gasteiger partial charge in [0, 0.05) is 31.1 Å². The smallest absolute Gasteiger partial charge is 0.419 e. The molecule has 8 saturated heterocycles. The lowest BCUT2D eigenvalue weighted by Crippen LogP contribution is -2.72. The van der Waals surface area contributed by atoms with Crippen LogP contribution in [0.15, 0.2) is 60.7 Å². The number of rotatable bonds is 6. The Morgan fingerprint density at radius 1 is 0.661 bits per heavy atom. The van der Waals surface area contributed by atoms with E-state index in [-0.39, 0.29) is 41.6 Å². The summed E-state index contributed by atoms with van der Waals surface area (Å²) in [5.74, 6) is -0.249. The van der Waals surface area contributed by atoms with Gasteiger partial charge in [-0.2, -0.15) is 0 Å². The van der Waals surface area contributed by atoms with Crippen LogP contribution in [-0.2, 0) is 43.2 Å². The summed E-state index contributed by atoms with van der Waals surface area (Å²) in [6, 6.07) is 19.3. The van der Waals surface area contributed by atoms with E-state index >= 15 is 0 Å². The van der Waals surface area contributed by atoms with Crippen molar-refractivity contribution in [3.8, 4) is 0 Å². The van der Waals surface area contributed by atoms with Gasteiger partial charge >= 0.3 is 6.09 Å². The third-order valence-electron chi connectivity index (χ3n) is 15.8. The minimum absolute atomic E-state index is 0.0541. The molecule has 10 aliphatic rings. The third-order valence-corrected chi connectivity index (χ3v) is 15.8. The van der Waals surface area contributed by atoms with Crippen molar-refractivity contribution in [1.29, 1.82) is 0 Å². The van der Waals surface area contributed by atoms with E-state index in [1.54, 1.807) is 4.90 Å². The molecule has 2 aromatic rings. The molecule has 0 aromatic heterocycles. The van der Waals surface area contributed by atoms with E-state index in [1.165, 1.54) is 0 Å². The maximum absolute atomic E-state index is 14.9. The Bertz CT molecular complexity index is 1730. The first-order valence-electron chi connectivity index (χ1n) is 21.5. The Kier molecular flexibility index (Phi) is 9.23. The van der Waals surface area contributed by atoms with Gasteiger partial charge in [-0.1, -0.05) is 64.1 Å². The molecule has 0 radical (unpaired) electrons. The van der Waals surface area contributed by atoms with Crippen LogP contribution >= 0.6 is 0 Å². The molecule has 2 saturated carbocycles. The first kappa shape index (κ1) is 37.6. The quantitative estimate of drug-likeness (QED) is 0.264. The maximum atomic E-state index is 14.9. The molecule has 2 aromatic carbocycles. The van der Waals surface area contributed by atoms with Crippen LogP contribution in [0.5, 0.6) is 0 Å². The number of anilines is 2. The van der Waals surface area contributed by atoms with Gasteiger partial charge in [-0.25, -0.2) is 29.2 Å². The second-order valence-electron chi connectivity index (χ2n) is 19.0. The minimum atomic E-state index is -0.926. The van der Waals surface area contributed by atoms with Crippen molar-refractivity contribution >= 4 is 17.5 Å². The van der Waals surface area contributed by atoms with Crippen LogP contribution in [0.1, 0.15) is 99.3 Å². The normalized spacial score (nSPS) is 48.1. The maximum Gasteiger partial charge on any atom is 0.419 e. The van der Waals surface area contributed by atoms with E-state index in [2.05, 4.69) is 27.7 Å². The topological polar surface area (TPSA) is 103 Å². The average molecular weight is 774 g/mol. The van der Waals surface area contributed by atoms with Crippen LogP contribution in [0.4, 0.5) is 16.2 Å². The predicted molar refractivity (Wildman–Crippen MR) is 204 cm³/mol. The summed E-state index contributed by atoms with van der Waals surface area (Å²) >= 11 is 0. The zero-order valence-corrected chi connectivity index (χ0v) is 33.7. The average Bonchev–Trinajstić information content (AvgIpc) is 3.57. The fourth-order valence-corrected chi connectivity index (χ4v) is 12.8. The number of fused-ring (bicyclic) bond motifs is 4. The number of hydrogen-bond acceptors (Lipinski definition) is 10. The summed E-state index contributed by atoms with van der Waals surface area (Å²) in [4.78, 5) is 41.8. The Hall–Kier alpha value is -2.61. The van der Waals surface area contributed by atoms with Gasteiger partial charge in [0.25, 0.3) is 0 Å². The van der Waals surface area contributed by atoms with Gasteiger partial charge in [0.05, 0.1) is 17.5 Å². The molecule has 10 fully saturated rings. The highest BCUT2D eigenvalue weighted by molar-refractivity contribution is 5.96. The highest BCUT2D eigenvalue weighted by atomic mass is 17.3. The summed E-state index contributed by atoms with van der Waals surface area (Å²) in [7, 11) is 0. The molecule has 304 valence electrons. The van der Waals surface area contributed by atoms with Crippen molar-refractivity contribution in [2.75, 3.05) is 4.90 Å². The van der Waals surface area contributed by atoms with Crippen LogP contribution < -0.4 is 4.90 Å². The lowest BCUT2D eigenvalue weighted by atomic mass is 9.56. The van der Waals surface area contributed by atoms with Gasteiger partial charge < -0.3 is 23.7 Å². The largest absolute Gasteiger partial charge is 0.443 e. The SMILES string of the molecule is C[C@H]1[C@@H](C[C@H](OC(=O)N(c2ccccc2)c2ccccc2)C2O[C@@H]3O[C@@]4(C)CC[C@H]5[C@H](C)CC[C@@H]([C@H]2C)[C@@]35OO4)O[C@@H]2O[C@@]3(C)CC[C@H]4[C@H](C)CC[C@@H]1[C@@]24OO3. The highest BCUT2D eigenvalue weighted by Crippen LogP contribution is 2.63. The van der Waals surface area contributed by atoms with Gasteiger partial charge in [-0.3, -0.25) is 0 Å². The Morgan fingerprint density at radius 3 is 1.70 bits per heavy atom. The molecule has 11 nitrogen and oxygen atoms in total. The van der Waals surface area contributed by atoms with Crippen molar-refractivity contribution in [2.24, 2.45) is 47.3 Å². The first-order valence-corrected chi connectivity index (χ1v) is 21.5. The Morgan fingerprint density at radius 2 is 1.16 bits per heavy atom. The first-order chi connectivity index (χ1) is 26.9. The van der Waals surface area contributed by atoms with Crippen molar-refractivity contribution in [3.63, 3.8) is 0 Å². The van der Waals surface area contributed by atoms with E-state index in [1.807, 2.05) is 74.5 Å². The number of amides is 1. The van der Waals surface area contributed by atoms with Crippen molar-refractivity contribution < 1.29 is 48.0 Å². The summed E-state index contributed by atoms with van der Waals surface area (Å²) in [5.41, 5.74) is -0.00748. The van der Waals surface area contributed by atoms with Gasteiger partial charge in [-0.05, 0) is 112 Å². The lowest BCUT2D eigenvalue weighted by Gasteiger charge is -2.62. The van der Waals surface area contributed by atoms with Crippen molar-refractivity contribution in [1.82, 2.24) is 0 Å². The van der Waals surface area contributed by atoms with Gasteiger partial charge in [0.1, 0.15) is 12.2 Å². The molecule has 0 N–H and O–H groups in total. The van der Waals surface area contributed by atoms with Crippen molar-refractivity contribution in [2.45, 2.75) is 153 Å². The summed E-state index contributed by atoms with van der Waals surface area (Å²) in [6.45, 7) is 13.1. The molecule has 11 heteroatoms. The highest BCUT2D eigenvalue weighted by Gasteiger charge is 2.72. The zero-order chi connectivity index (χ0) is 38.6. The number of nitrogens with zero attached hydrogens (tertiary/aromatic N) is 1. The van der Waals surface area contributed by atoms with Crippen LogP contribution in [0, 0.1) is 47.3 Å². The molecule has 12 rings (SSSR count). The molecular weight excluding hydrogens is 714 g/mol. The van der Waals surface area contributed by atoms with Crippen molar-refractivity contribution in [3.05, 3.63) is 60.7 Å². The second-order valence-corrected chi connectivity index (χ2v) is 19.0. The van der Waals surface area contributed by atoms with E-state index < -0.39 is 53.7 Å². The molecular formula is C45H59NO10. The molecule has 17 atom stereocenters. The van der Waals surface area contributed by atoms with E-state index in [9.17, 15) is 4.79 Å². The molecule has 4 bridgehead atoms. The fourth-order valence-electron chi connectivity index (χ4n) is 12.8. The number of ether oxygens (including phenoxy) is 5. The van der Waals surface area contributed by atoms with E-state index in [0.717, 1.165) is 51.4 Å². The zero-order valence-electron chi connectivity index (χ0n) is 33.7. The summed E-state index contributed by atoms with van der Waals surface area (Å²) in [5, 5.41) is 0. The predicted octanol–water partition coefficient (Wildman–Crippen LogP) is 9.22. The lowest BCUT2D eigenvalue weighted by molar-refractivity contribution is -0.573. The van der Waals surface area contributed by atoms with E-state index in [0.29, 0.717) is 29.6 Å². The van der Waals surface area contributed by atoms with Crippen LogP contribution in [0.25, 0.3) is 0 Å². The fraction of sp³-hybridized carbons (Fsp3) is 0.711. The molecule has 8 heterocycles. The number of hydrogen-bond donors (Lipinski definition) is 0. The molecule has 8 aliphatic heterocycles. The van der Waals surface area contributed by atoms with Gasteiger partial charge in [-0.15, -0.1) is 0 Å². The number of para-hydroxylation sites is 2. The van der Waals surface area contributed by atoms with Gasteiger partial charge in [0.2, 0.25) is 11.6 Å². The number of benzene rings is 2. The molecule has 2 spiro atoms. The minimum Gasteiger partial charge on any atom is -0.443 e.